The number of aliphatic hydroxyl groups excluding tert-OH is 1. The van der Waals surface area contributed by atoms with Gasteiger partial charge < -0.3 is 15.3 Å². The number of carbonyl (C=O) groups excluding carboxylic acids is 1. The molecule has 3 fully saturated rings. The van der Waals surface area contributed by atoms with E-state index in [1.54, 1.807) is 0 Å². The van der Waals surface area contributed by atoms with Crippen LogP contribution in [0.2, 0.25) is 0 Å². The van der Waals surface area contributed by atoms with Crippen molar-refractivity contribution in [3.63, 3.8) is 0 Å². The molecule has 28 heavy (non-hydrogen) atoms. The largest absolute Gasteiger partial charge is 0.481 e. The summed E-state index contributed by atoms with van der Waals surface area (Å²) in [5, 5.41) is 30.5. The molecule has 0 bridgehead atoms. The summed E-state index contributed by atoms with van der Waals surface area (Å²) in [7, 11) is 0. The second kappa shape index (κ2) is 6.66. The first-order chi connectivity index (χ1) is 13.1. The molecule has 4 aliphatic rings. The molecule has 0 aliphatic heterocycles. The second-order valence-electron chi connectivity index (χ2n) is 10.3. The first-order valence-corrected chi connectivity index (χ1v) is 11.0. The topological polar surface area (TPSA) is 94.8 Å². The molecule has 3 saturated carbocycles. The molecule has 1 unspecified atom stereocenters. The van der Waals surface area contributed by atoms with E-state index in [2.05, 4.69) is 19.9 Å². The van der Waals surface area contributed by atoms with Crippen molar-refractivity contribution in [2.24, 2.45) is 28.6 Å². The maximum atomic E-state index is 12.9. The zero-order chi connectivity index (χ0) is 20.3. The molecule has 0 saturated heterocycles. The summed E-state index contributed by atoms with van der Waals surface area (Å²) in [6.07, 6.45) is 8.60. The number of Topliss-reactive ketones (excluding diaryl/α,β-unsaturated/α-hetero) is 1. The SMILES string of the molecule is C[C@]12CCC(O)CC1=CC[C@@H]1[C@@H]2CC[C@@]2(C)[C@H]1CC[C@]2(O)C(=O)CCC(=O)O. The summed E-state index contributed by atoms with van der Waals surface area (Å²) in [5.41, 5.74) is -0.287. The fourth-order valence-electron chi connectivity index (χ4n) is 7.54. The van der Waals surface area contributed by atoms with Crippen molar-refractivity contribution in [1.82, 2.24) is 0 Å². The minimum Gasteiger partial charge on any atom is -0.481 e. The van der Waals surface area contributed by atoms with Crippen molar-refractivity contribution in [1.29, 1.82) is 0 Å². The Hall–Kier alpha value is -1.20. The van der Waals surface area contributed by atoms with Gasteiger partial charge in [0.2, 0.25) is 0 Å². The molecule has 0 aromatic rings. The Morgan fingerprint density at radius 1 is 1.07 bits per heavy atom. The fourth-order valence-corrected chi connectivity index (χ4v) is 7.54. The normalized spacial score (nSPS) is 47.5. The van der Waals surface area contributed by atoms with Crippen LogP contribution in [-0.2, 0) is 9.59 Å². The van der Waals surface area contributed by atoms with Gasteiger partial charge in [-0.15, -0.1) is 0 Å². The minimum atomic E-state index is -1.38. The summed E-state index contributed by atoms with van der Waals surface area (Å²) < 4.78 is 0. The molecule has 0 spiro atoms. The predicted octanol–water partition coefficient (Wildman–Crippen LogP) is 3.48. The molecule has 7 atom stereocenters. The average molecular weight is 391 g/mol. The van der Waals surface area contributed by atoms with Crippen LogP contribution in [0.1, 0.15) is 78.1 Å². The third kappa shape index (κ3) is 2.72. The Bertz CT molecular complexity index is 714. The van der Waals surface area contributed by atoms with Crippen molar-refractivity contribution in [3.8, 4) is 0 Å². The molecule has 0 amide bonds. The highest BCUT2D eigenvalue weighted by Gasteiger charge is 2.65. The molecule has 0 aromatic heterocycles. The number of hydrogen-bond donors (Lipinski definition) is 3. The predicted molar refractivity (Wildman–Crippen MR) is 105 cm³/mol. The van der Waals surface area contributed by atoms with Crippen molar-refractivity contribution in [2.75, 3.05) is 0 Å². The van der Waals surface area contributed by atoms with Crippen LogP contribution in [0.4, 0.5) is 0 Å². The summed E-state index contributed by atoms with van der Waals surface area (Å²) in [6, 6.07) is 0. The number of carbonyl (C=O) groups is 2. The van der Waals surface area contributed by atoms with Crippen LogP contribution in [0, 0.1) is 28.6 Å². The molecule has 156 valence electrons. The summed E-state index contributed by atoms with van der Waals surface area (Å²) in [5.74, 6) is 0.0419. The third-order valence-corrected chi connectivity index (χ3v) is 9.26. The highest BCUT2D eigenvalue weighted by atomic mass is 16.4. The number of fused-ring (bicyclic) bond motifs is 5. The standard InChI is InChI=1S/C23H34O5/c1-21-10-7-15(24)13-14(21)3-4-16-17(21)8-11-22(2)18(16)9-12-23(22,28)19(25)5-6-20(26)27/h3,15-18,24,28H,4-13H2,1-2H3,(H,26,27)/t15?,16-,17+,18+,21+,22+,23+/m1/s1. The lowest BCUT2D eigenvalue weighted by Gasteiger charge is -2.58. The highest BCUT2D eigenvalue weighted by Crippen LogP contribution is 2.67. The molecule has 5 heteroatoms. The van der Waals surface area contributed by atoms with Gasteiger partial charge in [0.15, 0.2) is 5.78 Å². The van der Waals surface area contributed by atoms with E-state index in [0.717, 1.165) is 44.9 Å². The molecule has 0 aromatic carbocycles. The molecular formula is C23H34O5. The first kappa shape index (κ1) is 20.1. The Morgan fingerprint density at radius 2 is 1.79 bits per heavy atom. The van der Waals surface area contributed by atoms with E-state index < -0.39 is 17.0 Å². The maximum absolute atomic E-state index is 12.9. The van der Waals surface area contributed by atoms with Gasteiger partial charge in [0.1, 0.15) is 5.60 Å². The molecule has 5 nitrogen and oxygen atoms in total. The van der Waals surface area contributed by atoms with E-state index in [4.69, 9.17) is 5.11 Å². The Morgan fingerprint density at radius 3 is 2.50 bits per heavy atom. The van der Waals surface area contributed by atoms with E-state index in [0.29, 0.717) is 24.2 Å². The van der Waals surface area contributed by atoms with E-state index in [1.807, 2.05) is 0 Å². The molecule has 0 heterocycles. The van der Waals surface area contributed by atoms with Gasteiger partial charge in [-0.2, -0.15) is 0 Å². The van der Waals surface area contributed by atoms with Gasteiger partial charge in [-0.25, -0.2) is 0 Å². The van der Waals surface area contributed by atoms with E-state index in [9.17, 15) is 19.8 Å². The summed E-state index contributed by atoms with van der Waals surface area (Å²) in [6.45, 7) is 4.44. The number of carboxylic acid groups (broad SMARTS) is 1. The summed E-state index contributed by atoms with van der Waals surface area (Å²) in [4.78, 5) is 23.8. The van der Waals surface area contributed by atoms with E-state index in [1.165, 1.54) is 5.57 Å². The van der Waals surface area contributed by atoms with Crippen LogP contribution in [0.3, 0.4) is 0 Å². The smallest absolute Gasteiger partial charge is 0.303 e. The number of aliphatic hydroxyl groups is 2. The van der Waals surface area contributed by atoms with Crippen molar-refractivity contribution in [2.45, 2.75) is 89.8 Å². The van der Waals surface area contributed by atoms with Crippen LogP contribution in [0.15, 0.2) is 11.6 Å². The molecule has 4 rings (SSSR count). The minimum absolute atomic E-state index is 0.0815. The molecule has 4 aliphatic carbocycles. The van der Waals surface area contributed by atoms with Crippen LogP contribution < -0.4 is 0 Å². The van der Waals surface area contributed by atoms with Gasteiger partial charge >= 0.3 is 5.97 Å². The lowest BCUT2D eigenvalue weighted by atomic mass is 9.46. The van der Waals surface area contributed by atoms with Crippen LogP contribution >= 0.6 is 0 Å². The van der Waals surface area contributed by atoms with Gasteiger partial charge in [0.05, 0.1) is 12.5 Å². The van der Waals surface area contributed by atoms with Gasteiger partial charge in [0, 0.05) is 11.8 Å². The number of carboxylic acids is 1. The van der Waals surface area contributed by atoms with Gasteiger partial charge in [-0.05, 0) is 74.5 Å². The lowest BCUT2D eigenvalue weighted by Crippen LogP contribution is -2.57. The number of rotatable bonds is 4. The van der Waals surface area contributed by atoms with Crippen molar-refractivity contribution in [3.05, 3.63) is 11.6 Å². The lowest BCUT2D eigenvalue weighted by molar-refractivity contribution is -0.162. The summed E-state index contributed by atoms with van der Waals surface area (Å²) >= 11 is 0. The monoisotopic (exact) mass is 390 g/mol. The van der Waals surface area contributed by atoms with Crippen LogP contribution in [0.25, 0.3) is 0 Å². The average Bonchev–Trinajstić information content (AvgIpc) is 2.92. The van der Waals surface area contributed by atoms with Gasteiger partial charge in [-0.3, -0.25) is 9.59 Å². The second-order valence-corrected chi connectivity index (χ2v) is 10.3. The Balaban J connectivity index is 1.60. The van der Waals surface area contributed by atoms with Crippen LogP contribution in [0.5, 0.6) is 0 Å². The maximum Gasteiger partial charge on any atom is 0.303 e. The first-order valence-electron chi connectivity index (χ1n) is 11.0. The van der Waals surface area contributed by atoms with E-state index in [-0.39, 0.29) is 30.1 Å². The number of allylic oxidation sites excluding steroid dienone is 1. The highest BCUT2D eigenvalue weighted by molar-refractivity contribution is 5.90. The number of hydrogen-bond acceptors (Lipinski definition) is 4. The number of ketones is 1. The van der Waals surface area contributed by atoms with Crippen molar-refractivity contribution >= 4 is 11.8 Å². The quantitative estimate of drug-likeness (QED) is 0.639. The van der Waals surface area contributed by atoms with E-state index >= 15 is 0 Å². The zero-order valence-electron chi connectivity index (χ0n) is 17.1. The Labute approximate surface area is 167 Å². The van der Waals surface area contributed by atoms with Crippen molar-refractivity contribution < 1.29 is 24.9 Å². The van der Waals surface area contributed by atoms with Gasteiger partial charge in [0.25, 0.3) is 0 Å². The molecular weight excluding hydrogens is 356 g/mol. The number of aliphatic carboxylic acids is 1. The fraction of sp³-hybridized carbons (Fsp3) is 0.826. The molecule has 0 radical (unpaired) electrons. The Kier molecular flexibility index (Phi) is 4.78. The van der Waals surface area contributed by atoms with Crippen LogP contribution in [-0.4, -0.2) is 38.8 Å². The molecule has 3 N–H and O–H groups in total. The van der Waals surface area contributed by atoms with Gasteiger partial charge in [-0.1, -0.05) is 25.5 Å². The third-order valence-electron chi connectivity index (χ3n) is 9.26. The zero-order valence-corrected chi connectivity index (χ0v) is 17.1.